The Balaban J connectivity index is 1.81. The van der Waals surface area contributed by atoms with Crippen LogP contribution in [0.25, 0.3) is 0 Å². The average Bonchev–Trinajstić information content (AvgIpc) is 3.02. The van der Waals surface area contributed by atoms with Gasteiger partial charge in [0.2, 0.25) is 5.91 Å². The molecule has 0 saturated heterocycles. The Morgan fingerprint density at radius 2 is 2.00 bits per heavy atom. The van der Waals surface area contributed by atoms with Crippen LogP contribution in [0.2, 0.25) is 0 Å². The highest BCUT2D eigenvalue weighted by atomic mass is 16.6. The Hall–Kier alpha value is -2.37. The normalized spacial score (nSPS) is 33.3. The summed E-state index contributed by atoms with van der Waals surface area (Å²) >= 11 is 0. The number of carbonyl (C=O) groups excluding carboxylic acids is 3. The molecule has 1 aromatic rings. The number of hydrogen-bond donors (Lipinski definition) is 0. The van der Waals surface area contributed by atoms with E-state index in [2.05, 4.69) is 0 Å². The molecule has 2 bridgehead atoms. The minimum absolute atomic E-state index is 0.0617. The van der Waals surface area contributed by atoms with Crippen LogP contribution in [0.3, 0.4) is 0 Å². The standard InChI is InChI=1S/C21H25NO5/c1-12(23)27-21-8-7-16-14-6-5-13(26-4)9-15(14)18(24)20(16,11-21)10-17(21)19(25)22(2)3/h5-6,9,16-17H,7-8,10-11H2,1-4H3. The van der Waals surface area contributed by atoms with Gasteiger partial charge in [-0.25, -0.2) is 0 Å². The van der Waals surface area contributed by atoms with Crippen molar-refractivity contribution < 1.29 is 23.9 Å². The van der Waals surface area contributed by atoms with Crippen LogP contribution in [-0.4, -0.2) is 49.4 Å². The second-order valence-corrected chi connectivity index (χ2v) is 8.35. The van der Waals surface area contributed by atoms with Crippen molar-refractivity contribution in [2.24, 2.45) is 11.3 Å². The van der Waals surface area contributed by atoms with Gasteiger partial charge in [0.15, 0.2) is 5.78 Å². The number of carbonyl (C=O) groups is 3. The van der Waals surface area contributed by atoms with Crippen LogP contribution >= 0.6 is 0 Å². The summed E-state index contributed by atoms with van der Waals surface area (Å²) in [5.41, 5.74) is 0.176. The molecule has 4 unspecified atom stereocenters. The molecular weight excluding hydrogens is 346 g/mol. The quantitative estimate of drug-likeness (QED) is 0.764. The van der Waals surface area contributed by atoms with Crippen LogP contribution in [0.4, 0.5) is 0 Å². The molecule has 2 fully saturated rings. The molecule has 0 aliphatic heterocycles. The fourth-order valence-electron chi connectivity index (χ4n) is 5.76. The molecular formula is C21H25NO5. The zero-order chi connectivity index (χ0) is 19.6. The van der Waals surface area contributed by atoms with Gasteiger partial charge in [0.1, 0.15) is 11.4 Å². The second-order valence-electron chi connectivity index (χ2n) is 8.35. The number of ether oxygens (including phenoxy) is 2. The van der Waals surface area contributed by atoms with Crippen molar-refractivity contribution in [1.29, 1.82) is 0 Å². The Bertz CT molecular complexity index is 847. The molecule has 1 spiro atoms. The lowest BCUT2D eigenvalue weighted by Crippen LogP contribution is -2.47. The summed E-state index contributed by atoms with van der Waals surface area (Å²) < 4.78 is 11.1. The summed E-state index contributed by atoms with van der Waals surface area (Å²) in [6, 6.07) is 5.67. The van der Waals surface area contributed by atoms with E-state index >= 15 is 0 Å². The summed E-state index contributed by atoms with van der Waals surface area (Å²) in [4.78, 5) is 39.9. The number of benzene rings is 1. The third kappa shape index (κ3) is 2.35. The van der Waals surface area contributed by atoms with Crippen LogP contribution < -0.4 is 4.74 Å². The highest BCUT2D eigenvalue weighted by molar-refractivity contribution is 6.07. The van der Waals surface area contributed by atoms with Crippen molar-refractivity contribution >= 4 is 17.7 Å². The topological polar surface area (TPSA) is 72.9 Å². The van der Waals surface area contributed by atoms with Gasteiger partial charge in [-0.05, 0) is 42.9 Å². The van der Waals surface area contributed by atoms with Crippen LogP contribution in [0.5, 0.6) is 5.75 Å². The number of methoxy groups -OCH3 is 1. The highest BCUT2D eigenvalue weighted by Crippen LogP contribution is 2.68. The number of esters is 1. The Morgan fingerprint density at radius 3 is 2.63 bits per heavy atom. The van der Waals surface area contributed by atoms with E-state index in [9.17, 15) is 14.4 Å². The fourth-order valence-corrected chi connectivity index (χ4v) is 5.76. The lowest BCUT2D eigenvalue weighted by atomic mass is 9.66. The number of fused-ring (bicyclic) bond motifs is 3. The van der Waals surface area contributed by atoms with Gasteiger partial charge in [-0.1, -0.05) is 6.07 Å². The van der Waals surface area contributed by atoms with Crippen LogP contribution in [0, 0.1) is 11.3 Å². The van der Waals surface area contributed by atoms with E-state index in [1.807, 2.05) is 12.1 Å². The molecule has 0 heterocycles. The predicted octanol–water partition coefficient (Wildman–Crippen LogP) is 2.56. The lowest BCUT2D eigenvalue weighted by molar-refractivity contribution is -0.169. The second kappa shape index (κ2) is 5.81. The minimum atomic E-state index is -0.883. The Kier molecular flexibility index (Phi) is 3.88. The molecule has 1 amide bonds. The number of amides is 1. The van der Waals surface area contributed by atoms with Crippen molar-refractivity contribution in [3.63, 3.8) is 0 Å². The van der Waals surface area contributed by atoms with Gasteiger partial charge in [-0.15, -0.1) is 0 Å². The molecule has 4 atom stereocenters. The maximum Gasteiger partial charge on any atom is 0.303 e. The monoisotopic (exact) mass is 371 g/mol. The number of hydrogen-bond acceptors (Lipinski definition) is 5. The zero-order valence-corrected chi connectivity index (χ0v) is 16.2. The van der Waals surface area contributed by atoms with E-state index < -0.39 is 22.9 Å². The molecule has 0 radical (unpaired) electrons. The first kappa shape index (κ1) is 18.0. The molecule has 6 nitrogen and oxygen atoms in total. The first-order valence-electron chi connectivity index (χ1n) is 9.37. The number of rotatable bonds is 3. The number of nitrogens with zero attached hydrogens (tertiary/aromatic N) is 1. The average molecular weight is 371 g/mol. The van der Waals surface area contributed by atoms with E-state index in [0.717, 1.165) is 12.0 Å². The maximum absolute atomic E-state index is 13.5. The largest absolute Gasteiger partial charge is 0.497 e. The van der Waals surface area contributed by atoms with E-state index in [-0.39, 0.29) is 17.6 Å². The molecule has 0 N–H and O–H groups in total. The first-order chi connectivity index (χ1) is 12.7. The molecule has 27 heavy (non-hydrogen) atoms. The van der Waals surface area contributed by atoms with Gasteiger partial charge in [0.25, 0.3) is 0 Å². The smallest absolute Gasteiger partial charge is 0.303 e. The van der Waals surface area contributed by atoms with E-state index in [4.69, 9.17) is 9.47 Å². The van der Waals surface area contributed by atoms with Gasteiger partial charge in [-0.3, -0.25) is 14.4 Å². The van der Waals surface area contributed by atoms with E-state index in [1.54, 1.807) is 27.3 Å². The third-order valence-electron chi connectivity index (χ3n) is 6.76. The van der Waals surface area contributed by atoms with Gasteiger partial charge in [0, 0.05) is 38.4 Å². The van der Waals surface area contributed by atoms with Gasteiger partial charge >= 0.3 is 5.97 Å². The third-order valence-corrected chi connectivity index (χ3v) is 6.76. The summed E-state index contributed by atoms with van der Waals surface area (Å²) in [5, 5.41) is 0. The van der Waals surface area contributed by atoms with Gasteiger partial charge in [-0.2, -0.15) is 0 Å². The van der Waals surface area contributed by atoms with Crippen LogP contribution in [0.1, 0.15) is 54.4 Å². The van der Waals surface area contributed by atoms with E-state index in [1.165, 1.54) is 11.8 Å². The van der Waals surface area contributed by atoms with Gasteiger partial charge < -0.3 is 14.4 Å². The molecule has 1 aromatic carbocycles. The maximum atomic E-state index is 13.5. The van der Waals surface area contributed by atoms with E-state index in [0.29, 0.717) is 30.6 Å². The lowest BCUT2D eigenvalue weighted by Gasteiger charge is -2.41. The van der Waals surface area contributed by atoms with Crippen molar-refractivity contribution in [3.8, 4) is 5.75 Å². The molecule has 2 saturated carbocycles. The SMILES string of the molecule is COc1ccc2c(c1)C(=O)C13CC(C(=O)N(C)C)C(OC(C)=O)(CCC21)C3. The zero-order valence-electron chi connectivity index (χ0n) is 16.2. The summed E-state index contributed by atoms with van der Waals surface area (Å²) in [6.45, 7) is 1.37. The molecule has 4 rings (SSSR count). The summed E-state index contributed by atoms with van der Waals surface area (Å²) in [7, 11) is 4.99. The number of ketones is 1. The predicted molar refractivity (Wildman–Crippen MR) is 97.6 cm³/mol. The van der Waals surface area contributed by atoms with Crippen molar-refractivity contribution in [2.75, 3.05) is 21.2 Å². The van der Waals surface area contributed by atoms with Crippen molar-refractivity contribution in [3.05, 3.63) is 29.3 Å². The first-order valence-corrected chi connectivity index (χ1v) is 9.37. The van der Waals surface area contributed by atoms with Crippen LogP contribution in [0.15, 0.2) is 18.2 Å². The molecule has 144 valence electrons. The summed E-state index contributed by atoms with van der Waals surface area (Å²) in [5.74, 6) is -0.174. The molecule has 3 aliphatic rings. The summed E-state index contributed by atoms with van der Waals surface area (Å²) in [6.07, 6.45) is 2.18. The van der Waals surface area contributed by atoms with Crippen LogP contribution in [-0.2, 0) is 14.3 Å². The molecule has 3 aliphatic carbocycles. The Labute approximate surface area is 158 Å². The highest BCUT2D eigenvalue weighted by Gasteiger charge is 2.70. The van der Waals surface area contributed by atoms with Gasteiger partial charge in [0.05, 0.1) is 13.0 Å². The Morgan fingerprint density at radius 1 is 1.26 bits per heavy atom. The molecule has 6 heteroatoms. The fraction of sp³-hybridized carbons (Fsp3) is 0.571. The molecule has 0 aromatic heterocycles. The van der Waals surface area contributed by atoms with Crippen molar-refractivity contribution in [2.45, 2.75) is 44.1 Å². The van der Waals surface area contributed by atoms with Crippen molar-refractivity contribution in [1.82, 2.24) is 4.90 Å². The number of Topliss-reactive ketones (excluding diaryl/α,β-unsaturated/α-hetero) is 1. The minimum Gasteiger partial charge on any atom is -0.497 e.